The van der Waals surface area contributed by atoms with Crippen LogP contribution < -0.4 is 10.2 Å². The highest BCUT2D eigenvalue weighted by atomic mass is 35.5. The Morgan fingerprint density at radius 3 is 2.62 bits per heavy atom. The van der Waals surface area contributed by atoms with Gasteiger partial charge in [-0.2, -0.15) is 0 Å². The summed E-state index contributed by atoms with van der Waals surface area (Å²) >= 11 is 7.47. The van der Waals surface area contributed by atoms with Crippen LogP contribution >= 0.6 is 23.4 Å². The van der Waals surface area contributed by atoms with E-state index in [1.165, 1.54) is 11.8 Å². The summed E-state index contributed by atoms with van der Waals surface area (Å²) in [6, 6.07) is 15.2. The summed E-state index contributed by atoms with van der Waals surface area (Å²) in [7, 11) is 0. The lowest BCUT2D eigenvalue weighted by Gasteiger charge is -2.38. The zero-order chi connectivity index (χ0) is 18.7. The van der Waals surface area contributed by atoms with Crippen molar-refractivity contribution in [3.63, 3.8) is 0 Å². The standard InChI is InChI=1S/C20H21ClN2O2S/c1-3-23-16-10-6-7-11-17(16)26-20(2,19(23)25)18(24)22-13-12-14-8-4-5-9-15(14)21/h4-11H,3,12-13H2,1-2H3,(H,22,24). The van der Waals surface area contributed by atoms with Crippen LogP contribution in [0.2, 0.25) is 5.02 Å². The van der Waals surface area contributed by atoms with Gasteiger partial charge in [-0.25, -0.2) is 0 Å². The fourth-order valence-corrected chi connectivity index (χ4v) is 4.50. The molecule has 2 aromatic rings. The maximum atomic E-state index is 13.0. The van der Waals surface area contributed by atoms with Gasteiger partial charge in [0.15, 0.2) is 4.75 Å². The number of para-hydroxylation sites is 1. The number of carbonyl (C=O) groups is 2. The molecule has 4 nitrogen and oxygen atoms in total. The van der Waals surface area contributed by atoms with E-state index in [9.17, 15) is 9.59 Å². The van der Waals surface area contributed by atoms with Crippen molar-refractivity contribution in [2.75, 3.05) is 18.0 Å². The minimum atomic E-state index is -1.18. The molecule has 3 rings (SSSR count). The number of fused-ring (bicyclic) bond motifs is 1. The average Bonchev–Trinajstić information content (AvgIpc) is 2.64. The van der Waals surface area contributed by atoms with E-state index in [-0.39, 0.29) is 11.8 Å². The summed E-state index contributed by atoms with van der Waals surface area (Å²) in [5.74, 6) is -0.452. The molecule has 1 aliphatic heterocycles. The molecule has 0 radical (unpaired) electrons. The maximum absolute atomic E-state index is 13.0. The van der Waals surface area contributed by atoms with Crippen LogP contribution in [0.1, 0.15) is 19.4 Å². The van der Waals surface area contributed by atoms with Gasteiger partial charge >= 0.3 is 0 Å². The number of rotatable bonds is 5. The van der Waals surface area contributed by atoms with Crippen molar-refractivity contribution in [1.29, 1.82) is 0 Å². The van der Waals surface area contributed by atoms with Crippen LogP contribution in [-0.2, 0) is 16.0 Å². The van der Waals surface area contributed by atoms with Gasteiger partial charge in [-0.15, -0.1) is 0 Å². The fourth-order valence-electron chi connectivity index (χ4n) is 3.03. The molecule has 2 amide bonds. The Morgan fingerprint density at radius 2 is 1.88 bits per heavy atom. The summed E-state index contributed by atoms with van der Waals surface area (Å²) in [5, 5.41) is 3.59. The number of amides is 2. The number of thioether (sulfide) groups is 1. The zero-order valence-corrected chi connectivity index (χ0v) is 16.4. The lowest BCUT2D eigenvalue weighted by molar-refractivity contribution is -0.131. The highest BCUT2D eigenvalue weighted by molar-refractivity contribution is 8.02. The summed E-state index contributed by atoms with van der Waals surface area (Å²) in [6.45, 7) is 4.57. The molecule has 1 N–H and O–H groups in total. The van der Waals surface area contributed by atoms with E-state index in [0.29, 0.717) is 24.5 Å². The predicted octanol–water partition coefficient (Wildman–Crippen LogP) is 3.92. The van der Waals surface area contributed by atoms with E-state index in [1.807, 2.05) is 55.5 Å². The van der Waals surface area contributed by atoms with Gasteiger partial charge in [0.05, 0.1) is 5.69 Å². The molecule has 26 heavy (non-hydrogen) atoms. The Balaban J connectivity index is 1.74. The Kier molecular flexibility index (Phi) is 5.58. The van der Waals surface area contributed by atoms with Crippen molar-refractivity contribution in [2.24, 2.45) is 0 Å². The fraction of sp³-hybridized carbons (Fsp3) is 0.300. The number of halogens is 1. The van der Waals surface area contributed by atoms with Gasteiger partial charge in [-0.05, 0) is 44.0 Å². The van der Waals surface area contributed by atoms with Gasteiger partial charge in [0.2, 0.25) is 5.91 Å². The molecule has 0 aromatic heterocycles. The van der Waals surface area contributed by atoms with E-state index < -0.39 is 4.75 Å². The summed E-state index contributed by atoms with van der Waals surface area (Å²) < 4.78 is -1.18. The van der Waals surface area contributed by atoms with Gasteiger partial charge in [0.1, 0.15) is 0 Å². The number of hydrogen-bond acceptors (Lipinski definition) is 3. The number of nitrogens with one attached hydrogen (secondary N) is 1. The Labute approximate surface area is 162 Å². The first-order valence-corrected chi connectivity index (χ1v) is 9.78. The lowest BCUT2D eigenvalue weighted by atomic mass is 10.1. The topological polar surface area (TPSA) is 49.4 Å². The summed E-state index contributed by atoms with van der Waals surface area (Å²) in [4.78, 5) is 28.5. The molecule has 0 spiro atoms. The third-order valence-electron chi connectivity index (χ3n) is 4.51. The molecule has 1 heterocycles. The molecule has 1 aliphatic rings. The Bertz CT molecular complexity index is 842. The van der Waals surface area contributed by atoms with Crippen molar-refractivity contribution in [1.82, 2.24) is 5.32 Å². The smallest absolute Gasteiger partial charge is 0.252 e. The predicted molar refractivity (Wildman–Crippen MR) is 107 cm³/mol. The van der Waals surface area contributed by atoms with Crippen molar-refractivity contribution in [2.45, 2.75) is 29.9 Å². The van der Waals surface area contributed by atoms with Crippen LogP contribution in [0.3, 0.4) is 0 Å². The first kappa shape index (κ1) is 18.8. The van der Waals surface area contributed by atoms with Crippen LogP contribution in [0.4, 0.5) is 5.69 Å². The zero-order valence-electron chi connectivity index (χ0n) is 14.8. The molecule has 0 fully saturated rings. The monoisotopic (exact) mass is 388 g/mol. The molecular formula is C20H21ClN2O2S. The van der Waals surface area contributed by atoms with Crippen LogP contribution in [0.25, 0.3) is 0 Å². The van der Waals surface area contributed by atoms with E-state index in [2.05, 4.69) is 5.32 Å². The molecular weight excluding hydrogens is 368 g/mol. The van der Waals surface area contributed by atoms with Crippen LogP contribution in [-0.4, -0.2) is 29.7 Å². The molecule has 136 valence electrons. The highest BCUT2D eigenvalue weighted by Gasteiger charge is 2.48. The van der Waals surface area contributed by atoms with Crippen molar-refractivity contribution < 1.29 is 9.59 Å². The third kappa shape index (κ3) is 3.46. The largest absolute Gasteiger partial charge is 0.354 e. The van der Waals surface area contributed by atoms with Gasteiger partial charge in [-0.3, -0.25) is 9.59 Å². The van der Waals surface area contributed by atoms with Gasteiger partial charge in [0, 0.05) is 23.0 Å². The molecule has 1 unspecified atom stereocenters. The van der Waals surface area contributed by atoms with E-state index in [4.69, 9.17) is 11.6 Å². The number of anilines is 1. The van der Waals surface area contributed by atoms with Crippen molar-refractivity contribution in [3.8, 4) is 0 Å². The Morgan fingerprint density at radius 1 is 1.19 bits per heavy atom. The number of carbonyl (C=O) groups excluding carboxylic acids is 2. The average molecular weight is 389 g/mol. The second kappa shape index (κ2) is 7.72. The van der Waals surface area contributed by atoms with Crippen LogP contribution in [0, 0.1) is 0 Å². The first-order valence-electron chi connectivity index (χ1n) is 8.59. The minimum absolute atomic E-state index is 0.182. The van der Waals surface area contributed by atoms with E-state index >= 15 is 0 Å². The molecule has 1 atom stereocenters. The second-order valence-electron chi connectivity index (χ2n) is 6.25. The quantitative estimate of drug-likeness (QED) is 0.790. The van der Waals surface area contributed by atoms with Gasteiger partial charge < -0.3 is 10.2 Å². The molecule has 0 aliphatic carbocycles. The van der Waals surface area contributed by atoms with Crippen molar-refractivity contribution in [3.05, 3.63) is 59.1 Å². The maximum Gasteiger partial charge on any atom is 0.252 e. The molecule has 0 bridgehead atoms. The van der Waals surface area contributed by atoms with Gasteiger partial charge in [-0.1, -0.05) is 53.7 Å². The highest BCUT2D eigenvalue weighted by Crippen LogP contribution is 2.45. The van der Waals surface area contributed by atoms with E-state index in [1.54, 1.807) is 11.8 Å². The molecule has 0 saturated carbocycles. The van der Waals surface area contributed by atoms with E-state index in [0.717, 1.165) is 16.1 Å². The number of benzene rings is 2. The number of hydrogen-bond donors (Lipinski definition) is 1. The molecule has 6 heteroatoms. The SMILES string of the molecule is CCN1C(=O)C(C)(C(=O)NCCc2ccccc2Cl)Sc2ccccc21. The summed E-state index contributed by atoms with van der Waals surface area (Å²) in [6.07, 6.45) is 0.619. The Hall–Kier alpha value is -1.98. The minimum Gasteiger partial charge on any atom is -0.354 e. The van der Waals surface area contributed by atoms with Crippen molar-refractivity contribution >= 4 is 40.9 Å². The molecule has 0 saturated heterocycles. The molecule has 2 aromatic carbocycles. The van der Waals surface area contributed by atoms with Crippen LogP contribution in [0.15, 0.2) is 53.4 Å². The summed E-state index contributed by atoms with van der Waals surface area (Å²) in [5.41, 5.74) is 1.84. The van der Waals surface area contributed by atoms with Crippen LogP contribution in [0.5, 0.6) is 0 Å². The first-order chi connectivity index (χ1) is 12.5. The third-order valence-corrected chi connectivity index (χ3v) is 6.21. The lowest BCUT2D eigenvalue weighted by Crippen LogP contribution is -2.56. The second-order valence-corrected chi connectivity index (χ2v) is 8.12. The number of nitrogens with zero attached hydrogens (tertiary/aromatic N) is 1. The van der Waals surface area contributed by atoms with Gasteiger partial charge in [0.25, 0.3) is 5.91 Å². The normalized spacial score (nSPS) is 19.2.